The monoisotopic (exact) mass is 312 g/mol. The van der Waals surface area contributed by atoms with E-state index in [-0.39, 0.29) is 0 Å². The van der Waals surface area contributed by atoms with Crippen molar-refractivity contribution in [1.82, 2.24) is 21.3 Å². The molecular formula is C18H40N4. The zero-order valence-corrected chi connectivity index (χ0v) is 15.1. The van der Waals surface area contributed by atoms with E-state index in [9.17, 15) is 0 Å². The molecule has 0 aliphatic heterocycles. The Kier molecular flexibility index (Phi) is 13.0. The Bertz CT molecular complexity index is 211. The van der Waals surface area contributed by atoms with Crippen molar-refractivity contribution in [3.8, 4) is 0 Å². The number of nitrogens with one attached hydrogen (secondary N) is 4. The van der Waals surface area contributed by atoms with Gasteiger partial charge in [-0.05, 0) is 103 Å². The molecule has 132 valence electrons. The molecule has 0 aromatic rings. The van der Waals surface area contributed by atoms with Crippen LogP contribution in [-0.4, -0.2) is 52.4 Å². The predicted molar refractivity (Wildman–Crippen MR) is 97.5 cm³/mol. The van der Waals surface area contributed by atoms with E-state index in [1.165, 1.54) is 77.8 Å². The van der Waals surface area contributed by atoms with E-state index in [4.69, 9.17) is 0 Å². The third kappa shape index (κ3) is 9.78. The molecular weight excluding hydrogens is 272 g/mol. The van der Waals surface area contributed by atoms with Crippen molar-refractivity contribution in [2.75, 3.05) is 52.4 Å². The molecule has 4 nitrogen and oxygen atoms in total. The van der Waals surface area contributed by atoms with Crippen molar-refractivity contribution in [2.45, 2.75) is 52.4 Å². The third-order valence-electron chi connectivity index (χ3n) is 4.80. The van der Waals surface area contributed by atoms with Gasteiger partial charge in [0.1, 0.15) is 0 Å². The molecule has 2 atom stereocenters. The van der Waals surface area contributed by atoms with Crippen molar-refractivity contribution >= 4 is 0 Å². The number of hydrogen-bond donors (Lipinski definition) is 4. The topological polar surface area (TPSA) is 48.1 Å². The second-order valence-corrected chi connectivity index (χ2v) is 6.63. The minimum Gasteiger partial charge on any atom is -0.317 e. The average molecular weight is 313 g/mol. The zero-order chi connectivity index (χ0) is 15.9. The first-order valence-corrected chi connectivity index (χ1v) is 9.71. The van der Waals surface area contributed by atoms with Crippen molar-refractivity contribution in [1.29, 1.82) is 0 Å². The summed E-state index contributed by atoms with van der Waals surface area (Å²) in [5.74, 6) is 1.84. The molecule has 0 spiro atoms. The number of rotatable bonds is 16. The van der Waals surface area contributed by atoms with Crippen LogP contribution in [0.15, 0.2) is 0 Å². The quantitative estimate of drug-likeness (QED) is 0.329. The predicted octanol–water partition coefficient (Wildman–Crippen LogP) is 1.97. The first-order valence-electron chi connectivity index (χ1n) is 9.71. The van der Waals surface area contributed by atoms with Crippen molar-refractivity contribution in [2.24, 2.45) is 11.8 Å². The number of hydrogen-bond acceptors (Lipinski definition) is 4. The van der Waals surface area contributed by atoms with Gasteiger partial charge in [0.05, 0.1) is 0 Å². The Labute approximate surface area is 138 Å². The van der Waals surface area contributed by atoms with Crippen LogP contribution >= 0.6 is 0 Å². The molecule has 0 bridgehead atoms. The molecule has 1 fully saturated rings. The van der Waals surface area contributed by atoms with Gasteiger partial charge in [-0.3, -0.25) is 0 Å². The van der Waals surface area contributed by atoms with Crippen LogP contribution in [0.25, 0.3) is 0 Å². The maximum absolute atomic E-state index is 3.66. The molecule has 0 heterocycles. The average Bonchev–Trinajstić information content (AvgIpc) is 2.51. The summed E-state index contributed by atoms with van der Waals surface area (Å²) in [5.41, 5.74) is 0. The lowest BCUT2D eigenvalue weighted by Gasteiger charge is -2.37. The largest absolute Gasteiger partial charge is 0.317 e. The van der Waals surface area contributed by atoms with Gasteiger partial charge in [0, 0.05) is 0 Å². The summed E-state index contributed by atoms with van der Waals surface area (Å²) in [6, 6.07) is 0. The highest BCUT2D eigenvalue weighted by molar-refractivity contribution is 4.83. The third-order valence-corrected chi connectivity index (χ3v) is 4.80. The Morgan fingerprint density at radius 2 is 0.955 bits per heavy atom. The van der Waals surface area contributed by atoms with E-state index in [0.29, 0.717) is 0 Å². The Balaban J connectivity index is 1.84. The van der Waals surface area contributed by atoms with Crippen LogP contribution in [0.3, 0.4) is 0 Å². The Morgan fingerprint density at radius 1 is 0.591 bits per heavy atom. The van der Waals surface area contributed by atoms with Crippen molar-refractivity contribution < 1.29 is 0 Å². The molecule has 1 unspecified atom stereocenters. The van der Waals surface area contributed by atoms with Crippen molar-refractivity contribution in [3.63, 3.8) is 0 Å². The summed E-state index contributed by atoms with van der Waals surface area (Å²) >= 11 is 0. The molecule has 0 radical (unpaired) electrons. The minimum absolute atomic E-state index is 0.919. The van der Waals surface area contributed by atoms with E-state index in [1.54, 1.807) is 0 Å². The molecule has 4 heteroatoms. The van der Waals surface area contributed by atoms with Gasteiger partial charge in [0.2, 0.25) is 0 Å². The maximum atomic E-state index is 3.66. The molecule has 4 N–H and O–H groups in total. The van der Waals surface area contributed by atoms with Gasteiger partial charge < -0.3 is 21.3 Å². The van der Waals surface area contributed by atoms with Gasteiger partial charge in [-0.15, -0.1) is 0 Å². The Morgan fingerprint density at radius 3 is 1.27 bits per heavy atom. The highest BCUT2D eigenvalue weighted by atomic mass is 14.9. The lowest BCUT2D eigenvalue weighted by atomic mass is 9.73. The zero-order valence-electron chi connectivity index (χ0n) is 15.1. The van der Waals surface area contributed by atoms with Gasteiger partial charge in [-0.2, -0.15) is 0 Å². The molecule has 1 aliphatic rings. The fraction of sp³-hybridized carbons (Fsp3) is 1.00. The van der Waals surface area contributed by atoms with Gasteiger partial charge >= 0.3 is 0 Å². The van der Waals surface area contributed by atoms with E-state index in [2.05, 4.69) is 35.1 Å². The fourth-order valence-corrected chi connectivity index (χ4v) is 3.10. The molecule has 1 aliphatic carbocycles. The first kappa shape index (κ1) is 19.9. The highest BCUT2D eigenvalue weighted by Gasteiger charge is 2.29. The second kappa shape index (κ2) is 14.4. The molecule has 1 rings (SSSR count). The molecule has 0 saturated heterocycles. The van der Waals surface area contributed by atoms with E-state index in [1.807, 2.05) is 0 Å². The fourth-order valence-electron chi connectivity index (χ4n) is 3.10. The van der Waals surface area contributed by atoms with Crippen LogP contribution in [-0.2, 0) is 0 Å². The Hall–Kier alpha value is -0.160. The highest BCUT2D eigenvalue weighted by Crippen LogP contribution is 2.33. The van der Waals surface area contributed by atoms with Crippen LogP contribution in [0, 0.1) is 11.8 Å². The molecule has 22 heavy (non-hydrogen) atoms. The minimum atomic E-state index is 0.919. The van der Waals surface area contributed by atoms with Gasteiger partial charge in [-0.25, -0.2) is 0 Å². The normalized spacial score (nSPS) is 21.0. The van der Waals surface area contributed by atoms with Crippen LogP contribution < -0.4 is 21.3 Å². The van der Waals surface area contributed by atoms with Gasteiger partial charge in [-0.1, -0.05) is 13.8 Å². The van der Waals surface area contributed by atoms with E-state index < -0.39 is 0 Å². The maximum Gasteiger partial charge on any atom is -0.00174 e. The second-order valence-electron chi connectivity index (χ2n) is 6.63. The van der Waals surface area contributed by atoms with E-state index >= 15 is 0 Å². The van der Waals surface area contributed by atoms with Gasteiger partial charge in [0.25, 0.3) is 0 Å². The lowest BCUT2D eigenvalue weighted by Crippen LogP contribution is -2.41. The molecule has 0 aromatic heterocycles. The van der Waals surface area contributed by atoms with Crippen LogP contribution in [0.4, 0.5) is 0 Å². The standard InChI is InChI=1S/C18H40N4/c1-3-19-11-5-7-13-21-15-17-9-10-18(17)16-22-14-8-6-12-20-4-2/h17-22H,3-16H2,1-2H3/t17-,18?/m0/s1. The van der Waals surface area contributed by atoms with Gasteiger partial charge in [0.15, 0.2) is 0 Å². The smallest absolute Gasteiger partial charge is 0.00174 e. The molecule has 1 saturated carbocycles. The first-order chi connectivity index (χ1) is 10.9. The van der Waals surface area contributed by atoms with Crippen LogP contribution in [0.2, 0.25) is 0 Å². The number of unbranched alkanes of at least 4 members (excludes halogenated alkanes) is 2. The summed E-state index contributed by atoms with van der Waals surface area (Å²) in [4.78, 5) is 0. The summed E-state index contributed by atoms with van der Waals surface area (Å²) in [7, 11) is 0. The van der Waals surface area contributed by atoms with E-state index in [0.717, 1.165) is 24.9 Å². The van der Waals surface area contributed by atoms with Crippen LogP contribution in [0.1, 0.15) is 52.4 Å². The summed E-state index contributed by atoms with van der Waals surface area (Å²) in [5, 5.41) is 14.1. The summed E-state index contributed by atoms with van der Waals surface area (Å²) < 4.78 is 0. The SMILES string of the molecule is CCNCCCCNCC1CC[C@H]1CNCCCCNCC. The van der Waals surface area contributed by atoms with Crippen LogP contribution in [0.5, 0.6) is 0 Å². The lowest BCUT2D eigenvalue weighted by molar-refractivity contribution is 0.167. The molecule has 0 amide bonds. The summed E-state index contributed by atoms with van der Waals surface area (Å²) in [6.45, 7) is 13.7. The van der Waals surface area contributed by atoms with Crippen molar-refractivity contribution in [3.05, 3.63) is 0 Å². The summed E-state index contributed by atoms with van der Waals surface area (Å²) in [6.07, 6.45) is 8.05. The molecule has 0 aromatic carbocycles.